The van der Waals surface area contributed by atoms with E-state index in [0.29, 0.717) is 25.4 Å². The molecule has 1 heterocycles. The van der Waals surface area contributed by atoms with Gasteiger partial charge >= 0.3 is 11.9 Å². The summed E-state index contributed by atoms with van der Waals surface area (Å²) in [6.45, 7) is 17.1. The first-order chi connectivity index (χ1) is 15.9. The molecule has 1 aliphatic rings. The summed E-state index contributed by atoms with van der Waals surface area (Å²) >= 11 is 0. The molecule has 0 spiro atoms. The molecule has 0 atom stereocenters. The monoisotopic (exact) mass is 510 g/mol. The van der Waals surface area contributed by atoms with Crippen molar-refractivity contribution in [2.75, 3.05) is 13.7 Å². The van der Waals surface area contributed by atoms with E-state index in [1.54, 1.807) is 20.8 Å². The maximum Gasteiger partial charge on any atom is 0.360 e. The van der Waals surface area contributed by atoms with Gasteiger partial charge in [-0.05, 0) is 70.5 Å². The zero-order chi connectivity index (χ0) is 26.8. The lowest BCUT2D eigenvalue weighted by Crippen LogP contribution is -2.43. The molecule has 0 radical (unpaired) electrons. The van der Waals surface area contributed by atoms with Gasteiger partial charge in [0, 0.05) is 12.0 Å². The molecular weight excluding hydrogens is 468 g/mol. The molecule has 2 N–H and O–H groups in total. The highest BCUT2D eigenvalue weighted by Crippen LogP contribution is 2.44. The largest absolute Gasteiger partial charge is 0.501 e. The van der Waals surface area contributed by atoms with E-state index >= 15 is 0 Å². The molecule has 2 rings (SSSR count). The van der Waals surface area contributed by atoms with Crippen LogP contribution in [0.5, 0.6) is 5.75 Å². The van der Waals surface area contributed by atoms with Crippen LogP contribution >= 0.6 is 0 Å². The van der Waals surface area contributed by atoms with E-state index < -0.39 is 48.3 Å². The van der Waals surface area contributed by atoms with E-state index in [-0.39, 0.29) is 17.3 Å². The van der Waals surface area contributed by atoms with Crippen LogP contribution in [-0.4, -0.2) is 54.6 Å². The lowest BCUT2D eigenvalue weighted by Gasteiger charge is -2.41. The van der Waals surface area contributed by atoms with E-state index in [9.17, 15) is 19.5 Å². The number of hydrogen-bond acceptors (Lipinski definition) is 8. The van der Waals surface area contributed by atoms with Crippen LogP contribution in [0.4, 0.5) is 0 Å². The number of aromatic hydroxyl groups is 1. The number of carbonyl (C=O) groups excluding carboxylic acids is 2. The smallest absolute Gasteiger partial charge is 0.360 e. The Kier molecular flexibility index (Phi) is 8.64. The fourth-order valence-corrected chi connectivity index (χ4v) is 5.13. The highest BCUT2D eigenvalue weighted by molar-refractivity contribution is 6.74. The summed E-state index contributed by atoms with van der Waals surface area (Å²) in [6, 6.07) is 0. The fraction of sp³-hybridized carbons (Fsp3) is 0.760. The Labute approximate surface area is 209 Å². The van der Waals surface area contributed by atoms with Gasteiger partial charge in [-0.1, -0.05) is 20.8 Å². The molecule has 9 nitrogen and oxygen atoms in total. The van der Waals surface area contributed by atoms with Gasteiger partial charge in [0.15, 0.2) is 14.0 Å². The lowest BCUT2D eigenvalue weighted by atomic mass is 9.68. The maximum absolute atomic E-state index is 12.9. The Bertz CT molecular complexity index is 981. The van der Waals surface area contributed by atoms with Crippen LogP contribution in [0.3, 0.4) is 0 Å². The number of esters is 2. The van der Waals surface area contributed by atoms with Crippen molar-refractivity contribution in [2.24, 2.45) is 5.92 Å². The standard InChI is InChI=1S/C25H42N2O7Si/c1-23(2,3)34-17(28)14-25(22-26-18(21(31)32-7)19(29)20(30)27-22)12-10-16(11-13-25)15-33-35(8,9)24(4,5)6/h16,29H,10-15H2,1-9H3,(H,26,27,30). The van der Waals surface area contributed by atoms with Gasteiger partial charge in [-0.3, -0.25) is 9.59 Å². The van der Waals surface area contributed by atoms with Crippen molar-refractivity contribution in [3.8, 4) is 5.75 Å². The van der Waals surface area contributed by atoms with Gasteiger partial charge in [0.1, 0.15) is 11.4 Å². The predicted molar refractivity (Wildman–Crippen MR) is 135 cm³/mol. The number of rotatable bonds is 7. The van der Waals surface area contributed by atoms with E-state index in [0.717, 1.165) is 20.0 Å². The van der Waals surface area contributed by atoms with Crippen molar-refractivity contribution in [2.45, 2.75) is 103 Å². The number of ether oxygens (including phenoxy) is 2. The zero-order valence-electron chi connectivity index (χ0n) is 22.7. The summed E-state index contributed by atoms with van der Waals surface area (Å²) in [5.74, 6) is -1.64. The van der Waals surface area contributed by atoms with Crippen LogP contribution in [0.2, 0.25) is 18.1 Å². The van der Waals surface area contributed by atoms with Crippen LogP contribution in [0.15, 0.2) is 4.79 Å². The van der Waals surface area contributed by atoms with E-state index in [4.69, 9.17) is 9.16 Å². The number of nitrogens with zero attached hydrogens (tertiary/aromatic N) is 1. The minimum Gasteiger partial charge on any atom is -0.501 e. The maximum atomic E-state index is 12.9. The molecule has 1 saturated carbocycles. The quantitative estimate of drug-likeness (QED) is 0.407. The molecular formula is C25H42N2O7Si. The Morgan fingerprint density at radius 2 is 1.71 bits per heavy atom. The summed E-state index contributed by atoms with van der Waals surface area (Å²) in [6.07, 6.45) is 2.61. The van der Waals surface area contributed by atoms with Gasteiger partial charge in [0.2, 0.25) is 5.75 Å². The van der Waals surface area contributed by atoms with Crippen molar-refractivity contribution < 1.29 is 28.6 Å². The van der Waals surface area contributed by atoms with E-state index in [2.05, 4.69) is 48.6 Å². The Morgan fingerprint density at radius 1 is 1.14 bits per heavy atom. The number of nitrogens with one attached hydrogen (secondary N) is 1. The topological polar surface area (TPSA) is 128 Å². The summed E-state index contributed by atoms with van der Waals surface area (Å²) in [7, 11) is -0.745. The van der Waals surface area contributed by atoms with Crippen molar-refractivity contribution in [3.05, 3.63) is 21.9 Å². The summed E-state index contributed by atoms with van der Waals surface area (Å²) in [4.78, 5) is 44.4. The third kappa shape index (κ3) is 7.16. The highest BCUT2D eigenvalue weighted by atomic mass is 28.4. The van der Waals surface area contributed by atoms with Gasteiger partial charge in [-0.25, -0.2) is 9.78 Å². The molecule has 1 aliphatic carbocycles. The minimum absolute atomic E-state index is 0.00555. The average molecular weight is 511 g/mol. The lowest BCUT2D eigenvalue weighted by molar-refractivity contribution is -0.157. The summed E-state index contributed by atoms with van der Waals surface area (Å²) in [5, 5.41) is 10.2. The molecule has 10 heteroatoms. The molecule has 1 aromatic rings. The molecule has 0 aromatic carbocycles. The fourth-order valence-electron chi connectivity index (χ4n) is 4.05. The highest BCUT2D eigenvalue weighted by Gasteiger charge is 2.44. The first-order valence-electron chi connectivity index (χ1n) is 12.2. The van der Waals surface area contributed by atoms with Gasteiger partial charge in [-0.2, -0.15) is 0 Å². The first-order valence-corrected chi connectivity index (χ1v) is 15.1. The van der Waals surface area contributed by atoms with Crippen LogP contribution in [0, 0.1) is 5.92 Å². The Morgan fingerprint density at radius 3 is 2.20 bits per heavy atom. The van der Waals surface area contributed by atoms with E-state index in [1.807, 2.05) is 0 Å². The van der Waals surface area contributed by atoms with E-state index in [1.165, 1.54) is 0 Å². The second-order valence-electron chi connectivity index (χ2n) is 12.2. The van der Waals surface area contributed by atoms with Crippen molar-refractivity contribution in [3.63, 3.8) is 0 Å². The average Bonchev–Trinajstić information content (AvgIpc) is 2.72. The van der Waals surface area contributed by atoms with Gasteiger partial charge in [-0.15, -0.1) is 0 Å². The van der Waals surface area contributed by atoms with Crippen LogP contribution < -0.4 is 5.56 Å². The Hall–Kier alpha value is -2.20. The third-order valence-electron chi connectivity index (χ3n) is 7.23. The molecule has 35 heavy (non-hydrogen) atoms. The molecule has 0 saturated heterocycles. The van der Waals surface area contributed by atoms with Gasteiger partial charge in [0.05, 0.1) is 13.5 Å². The molecule has 1 aromatic heterocycles. The van der Waals surface area contributed by atoms with Crippen LogP contribution in [-0.2, 0) is 24.1 Å². The molecule has 0 bridgehead atoms. The minimum atomic E-state index is -1.89. The molecule has 0 amide bonds. The number of hydrogen-bond donors (Lipinski definition) is 2. The van der Waals surface area contributed by atoms with Crippen molar-refractivity contribution in [1.29, 1.82) is 0 Å². The van der Waals surface area contributed by atoms with Crippen LogP contribution in [0.1, 0.15) is 90.0 Å². The second-order valence-corrected chi connectivity index (χ2v) is 17.0. The van der Waals surface area contributed by atoms with Crippen molar-refractivity contribution in [1.82, 2.24) is 9.97 Å². The molecule has 0 unspecified atom stereocenters. The van der Waals surface area contributed by atoms with Gasteiger partial charge in [0.25, 0.3) is 5.56 Å². The first kappa shape index (κ1) is 29.0. The summed E-state index contributed by atoms with van der Waals surface area (Å²) in [5.41, 5.74) is -2.81. The van der Waals surface area contributed by atoms with Gasteiger partial charge < -0.3 is 24.0 Å². The SMILES string of the molecule is COC(=O)c1nc(C2(CC(=O)OC(C)(C)C)CCC(CO[Si](C)(C)C(C)(C)C)CC2)[nH]c(=O)c1O. The predicted octanol–water partition coefficient (Wildman–Crippen LogP) is 4.44. The molecule has 0 aliphatic heterocycles. The number of aromatic nitrogens is 2. The van der Waals surface area contributed by atoms with Crippen molar-refractivity contribution >= 4 is 20.3 Å². The number of carbonyl (C=O) groups is 2. The molecule has 1 fully saturated rings. The summed E-state index contributed by atoms with van der Waals surface area (Å²) < 4.78 is 16.7. The molecule has 198 valence electrons. The second kappa shape index (κ2) is 10.4. The number of H-pyrrole nitrogens is 1. The Balaban J connectivity index is 2.35. The number of methoxy groups -OCH3 is 1. The third-order valence-corrected chi connectivity index (χ3v) is 11.7. The zero-order valence-corrected chi connectivity index (χ0v) is 23.7. The van der Waals surface area contributed by atoms with Crippen LogP contribution in [0.25, 0.3) is 0 Å². The number of aromatic amines is 1. The normalized spacial score (nSPS) is 21.5.